The van der Waals surface area contributed by atoms with E-state index in [1.165, 1.54) is 14.0 Å². The van der Waals surface area contributed by atoms with Gasteiger partial charge < -0.3 is 15.2 Å². The van der Waals surface area contributed by atoms with Crippen LogP contribution < -0.4 is 5.73 Å². The number of anilines is 1. The lowest BCUT2D eigenvalue weighted by Crippen LogP contribution is -2.26. The van der Waals surface area contributed by atoms with Crippen molar-refractivity contribution in [3.8, 4) is 0 Å². The van der Waals surface area contributed by atoms with Crippen molar-refractivity contribution in [1.29, 1.82) is 0 Å². The van der Waals surface area contributed by atoms with Crippen LogP contribution >= 0.6 is 0 Å². The number of carbonyl (C=O) groups is 2. The molecule has 5 nitrogen and oxygen atoms in total. The second-order valence-corrected chi connectivity index (χ2v) is 3.61. The van der Waals surface area contributed by atoms with Crippen LogP contribution in [0.5, 0.6) is 0 Å². The Kier molecular flexibility index (Phi) is 4.09. The Morgan fingerprint density at radius 2 is 2.00 bits per heavy atom. The molecule has 0 aliphatic carbocycles. The number of hydrogen-bond acceptors (Lipinski definition) is 5. The zero-order chi connectivity index (χ0) is 13.0. The normalized spacial score (nSPS) is 11.7. The first-order valence-electron chi connectivity index (χ1n) is 5.11. The standard InChI is InChI=1S/C12H15NO4/c1-7-5-4-6-9(13)10(7)12(15)17-8(2)11(14)16-3/h4-6,8H,13H2,1-3H3. The molecule has 92 valence electrons. The molecule has 0 aromatic heterocycles. The average Bonchev–Trinajstić information content (AvgIpc) is 2.27. The van der Waals surface area contributed by atoms with Gasteiger partial charge in [-0.25, -0.2) is 9.59 Å². The van der Waals surface area contributed by atoms with Gasteiger partial charge in [-0.2, -0.15) is 0 Å². The van der Waals surface area contributed by atoms with Crippen molar-refractivity contribution in [1.82, 2.24) is 0 Å². The van der Waals surface area contributed by atoms with Crippen molar-refractivity contribution in [2.24, 2.45) is 0 Å². The van der Waals surface area contributed by atoms with E-state index in [0.29, 0.717) is 11.3 Å². The summed E-state index contributed by atoms with van der Waals surface area (Å²) in [5, 5.41) is 0. The second-order valence-electron chi connectivity index (χ2n) is 3.61. The quantitative estimate of drug-likeness (QED) is 0.633. The van der Waals surface area contributed by atoms with Crippen LogP contribution in [0.25, 0.3) is 0 Å². The molecule has 0 bridgehead atoms. The molecule has 0 fully saturated rings. The van der Waals surface area contributed by atoms with Crippen LogP contribution in [0.3, 0.4) is 0 Å². The molecule has 0 saturated carbocycles. The van der Waals surface area contributed by atoms with E-state index in [0.717, 1.165) is 0 Å². The topological polar surface area (TPSA) is 78.6 Å². The van der Waals surface area contributed by atoms with Gasteiger partial charge in [-0.05, 0) is 25.5 Å². The van der Waals surface area contributed by atoms with Gasteiger partial charge in [0.1, 0.15) is 0 Å². The van der Waals surface area contributed by atoms with Crippen molar-refractivity contribution in [3.63, 3.8) is 0 Å². The van der Waals surface area contributed by atoms with Gasteiger partial charge >= 0.3 is 11.9 Å². The van der Waals surface area contributed by atoms with Gasteiger partial charge in [-0.15, -0.1) is 0 Å². The number of carbonyl (C=O) groups excluding carboxylic acids is 2. The van der Waals surface area contributed by atoms with Crippen molar-refractivity contribution in [2.45, 2.75) is 20.0 Å². The Hall–Kier alpha value is -2.04. The molecule has 17 heavy (non-hydrogen) atoms. The number of aryl methyl sites for hydroxylation is 1. The molecule has 2 N–H and O–H groups in total. The molecule has 0 radical (unpaired) electrons. The maximum absolute atomic E-state index is 11.8. The van der Waals surface area contributed by atoms with Crippen LogP contribution in [0, 0.1) is 6.92 Å². The summed E-state index contributed by atoms with van der Waals surface area (Å²) in [5.41, 5.74) is 7.00. The van der Waals surface area contributed by atoms with Crippen molar-refractivity contribution >= 4 is 17.6 Å². The largest absolute Gasteiger partial charge is 0.466 e. The van der Waals surface area contributed by atoms with Crippen LogP contribution in [-0.4, -0.2) is 25.2 Å². The fraction of sp³-hybridized carbons (Fsp3) is 0.333. The number of nitrogens with two attached hydrogens (primary N) is 1. The molecular weight excluding hydrogens is 222 g/mol. The number of rotatable bonds is 3. The Labute approximate surface area is 99.5 Å². The van der Waals surface area contributed by atoms with Gasteiger partial charge in [-0.1, -0.05) is 12.1 Å². The van der Waals surface area contributed by atoms with E-state index < -0.39 is 18.0 Å². The molecule has 1 aromatic rings. The maximum Gasteiger partial charge on any atom is 0.346 e. The van der Waals surface area contributed by atoms with Crippen LogP contribution in [0.4, 0.5) is 5.69 Å². The minimum atomic E-state index is -0.952. The fourth-order valence-electron chi connectivity index (χ4n) is 1.40. The molecule has 0 spiro atoms. The molecule has 1 unspecified atom stereocenters. The lowest BCUT2D eigenvalue weighted by molar-refractivity contribution is -0.149. The predicted molar refractivity (Wildman–Crippen MR) is 62.5 cm³/mol. The molecule has 0 aliphatic rings. The predicted octanol–water partition coefficient (Wildman–Crippen LogP) is 1.30. The molecule has 1 aromatic carbocycles. The summed E-state index contributed by atoms with van der Waals surface area (Å²) in [4.78, 5) is 22.9. The monoisotopic (exact) mass is 237 g/mol. The molecular formula is C12H15NO4. The van der Waals surface area contributed by atoms with E-state index in [2.05, 4.69) is 4.74 Å². The highest BCUT2D eigenvalue weighted by atomic mass is 16.6. The summed E-state index contributed by atoms with van der Waals surface area (Å²) in [6.45, 7) is 3.19. The molecule has 0 saturated heterocycles. The first-order chi connectivity index (χ1) is 7.97. The van der Waals surface area contributed by atoms with E-state index >= 15 is 0 Å². The number of methoxy groups -OCH3 is 1. The lowest BCUT2D eigenvalue weighted by atomic mass is 10.1. The number of esters is 2. The van der Waals surface area contributed by atoms with Gasteiger partial charge in [0, 0.05) is 5.69 Å². The lowest BCUT2D eigenvalue weighted by Gasteiger charge is -2.13. The Morgan fingerprint density at radius 3 is 2.53 bits per heavy atom. The van der Waals surface area contributed by atoms with E-state index in [9.17, 15) is 9.59 Å². The molecule has 1 atom stereocenters. The minimum absolute atomic E-state index is 0.281. The van der Waals surface area contributed by atoms with E-state index in [-0.39, 0.29) is 5.56 Å². The van der Waals surface area contributed by atoms with Gasteiger partial charge in [-0.3, -0.25) is 0 Å². The van der Waals surface area contributed by atoms with Gasteiger partial charge in [0.25, 0.3) is 0 Å². The van der Waals surface area contributed by atoms with E-state index in [1.54, 1.807) is 25.1 Å². The fourth-order valence-corrected chi connectivity index (χ4v) is 1.40. The summed E-state index contributed by atoms with van der Waals surface area (Å²) < 4.78 is 9.42. The van der Waals surface area contributed by atoms with Crippen LogP contribution in [-0.2, 0) is 14.3 Å². The smallest absolute Gasteiger partial charge is 0.346 e. The van der Waals surface area contributed by atoms with E-state index in [1.807, 2.05) is 0 Å². The van der Waals surface area contributed by atoms with Crippen LogP contribution in [0.2, 0.25) is 0 Å². The zero-order valence-electron chi connectivity index (χ0n) is 10.0. The van der Waals surface area contributed by atoms with Gasteiger partial charge in [0.05, 0.1) is 12.7 Å². The van der Waals surface area contributed by atoms with Crippen molar-refractivity contribution < 1.29 is 19.1 Å². The molecule has 1 rings (SSSR count). The number of ether oxygens (including phenoxy) is 2. The van der Waals surface area contributed by atoms with E-state index in [4.69, 9.17) is 10.5 Å². The third-order valence-electron chi connectivity index (χ3n) is 2.33. The zero-order valence-corrected chi connectivity index (χ0v) is 10.0. The third-order valence-corrected chi connectivity index (χ3v) is 2.33. The SMILES string of the molecule is COC(=O)C(C)OC(=O)c1c(C)cccc1N. The molecule has 0 heterocycles. The number of benzene rings is 1. The average molecular weight is 237 g/mol. The summed E-state index contributed by atoms with van der Waals surface area (Å²) in [7, 11) is 1.23. The molecule has 0 aliphatic heterocycles. The third kappa shape index (κ3) is 2.96. The highest BCUT2D eigenvalue weighted by molar-refractivity contribution is 5.97. The first-order valence-corrected chi connectivity index (χ1v) is 5.11. The number of hydrogen-bond donors (Lipinski definition) is 1. The van der Waals surface area contributed by atoms with Crippen molar-refractivity contribution in [2.75, 3.05) is 12.8 Å². The summed E-state index contributed by atoms with van der Waals surface area (Å²) >= 11 is 0. The van der Waals surface area contributed by atoms with Gasteiger partial charge in [0.2, 0.25) is 0 Å². The summed E-state index contributed by atoms with van der Waals surface area (Å²) in [6, 6.07) is 5.09. The van der Waals surface area contributed by atoms with Crippen LogP contribution in [0.1, 0.15) is 22.8 Å². The Morgan fingerprint density at radius 1 is 1.35 bits per heavy atom. The highest BCUT2D eigenvalue weighted by Gasteiger charge is 2.21. The second kappa shape index (κ2) is 5.34. The van der Waals surface area contributed by atoms with Crippen LogP contribution in [0.15, 0.2) is 18.2 Å². The minimum Gasteiger partial charge on any atom is -0.466 e. The van der Waals surface area contributed by atoms with Crippen molar-refractivity contribution in [3.05, 3.63) is 29.3 Å². The summed E-state index contributed by atoms with van der Waals surface area (Å²) in [6.07, 6.45) is -0.952. The summed E-state index contributed by atoms with van der Waals surface area (Å²) in [5.74, 6) is -1.23. The Bertz CT molecular complexity index is 422. The molecule has 5 heteroatoms. The highest BCUT2D eigenvalue weighted by Crippen LogP contribution is 2.18. The first kappa shape index (κ1) is 13.0. The number of nitrogen functional groups attached to an aromatic ring is 1. The van der Waals surface area contributed by atoms with Gasteiger partial charge in [0.15, 0.2) is 6.10 Å². The molecule has 0 amide bonds. The maximum atomic E-state index is 11.8. The Balaban J connectivity index is 2.87.